The number of hydrogen-bond acceptors (Lipinski definition) is 6. The van der Waals surface area contributed by atoms with Crippen molar-refractivity contribution in [2.24, 2.45) is 11.5 Å². The van der Waals surface area contributed by atoms with Crippen LogP contribution < -0.4 is 27.2 Å². The molecule has 0 unspecified atom stereocenters. The van der Waals surface area contributed by atoms with Crippen LogP contribution >= 0.6 is 0 Å². The Kier molecular flexibility index (Phi) is 9.19. The summed E-state index contributed by atoms with van der Waals surface area (Å²) in [7, 11) is 0. The predicted molar refractivity (Wildman–Crippen MR) is 158 cm³/mol. The third-order valence-electron chi connectivity index (χ3n) is 7.82. The van der Waals surface area contributed by atoms with E-state index in [0.717, 1.165) is 37.3 Å². The van der Waals surface area contributed by atoms with Crippen LogP contribution in [-0.4, -0.2) is 39.5 Å². The van der Waals surface area contributed by atoms with E-state index in [2.05, 4.69) is 20.0 Å². The summed E-state index contributed by atoms with van der Waals surface area (Å²) in [6, 6.07) is 12.3. The van der Waals surface area contributed by atoms with Crippen LogP contribution in [0.3, 0.4) is 0 Å². The molecule has 3 heterocycles. The molecule has 1 aliphatic heterocycles. The zero-order chi connectivity index (χ0) is 30.7. The molecule has 2 aromatic carbocycles. The molecule has 1 saturated heterocycles. The van der Waals surface area contributed by atoms with Gasteiger partial charge in [0.1, 0.15) is 5.65 Å². The van der Waals surface area contributed by atoms with Crippen LogP contribution in [0, 0.1) is 5.82 Å². The van der Waals surface area contributed by atoms with E-state index in [9.17, 15) is 18.0 Å². The average Bonchev–Trinajstić information content (AvgIpc) is 3.36. The maximum atomic E-state index is 15.4. The van der Waals surface area contributed by atoms with Crippen LogP contribution in [0.15, 0.2) is 53.5 Å². The maximum Gasteiger partial charge on any atom is 0.573 e. The highest BCUT2D eigenvalue weighted by atomic mass is 19.4. The molecule has 0 radical (unpaired) electrons. The van der Waals surface area contributed by atoms with Gasteiger partial charge in [0.25, 0.3) is 0 Å². The number of fused-ring (bicyclic) bond motifs is 1. The van der Waals surface area contributed by atoms with Gasteiger partial charge >= 0.3 is 12.1 Å². The highest BCUT2D eigenvalue weighted by Gasteiger charge is 2.33. The molecule has 230 valence electrons. The molecule has 2 aromatic heterocycles. The number of aromatic nitrogens is 3. The Balaban J connectivity index is 1.45. The molecule has 3 atom stereocenters. The number of hydrogen-bond donors (Lipinski definition) is 4. The number of ether oxygens (including phenoxy) is 1. The summed E-state index contributed by atoms with van der Waals surface area (Å²) in [6.45, 7) is 2.47. The zero-order valence-electron chi connectivity index (χ0n) is 23.9. The average molecular weight is 601 g/mol. The van der Waals surface area contributed by atoms with Gasteiger partial charge in [0, 0.05) is 35.3 Å². The Labute approximate surface area is 246 Å². The van der Waals surface area contributed by atoms with Crippen LogP contribution in [0.25, 0.3) is 28.0 Å². The van der Waals surface area contributed by atoms with Gasteiger partial charge in [-0.1, -0.05) is 18.6 Å². The molecule has 0 amide bonds. The van der Waals surface area contributed by atoms with Gasteiger partial charge in [-0.05, 0) is 93.5 Å². The maximum absolute atomic E-state index is 15.4. The Morgan fingerprint density at radius 3 is 2.63 bits per heavy atom. The van der Waals surface area contributed by atoms with E-state index in [0.29, 0.717) is 48.5 Å². The highest BCUT2D eigenvalue weighted by Crippen LogP contribution is 2.35. The summed E-state index contributed by atoms with van der Waals surface area (Å²) in [4.78, 5) is 20.0. The van der Waals surface area contributed by atoms with E-state index in [1.807, 2.05) is 31.2 Å². The number of aromatic amines is 1. The Morgan fingerprint density at radius 2 is 1.93 bits per heavy atom. The normalized spacial score (nSPS) is 18.2. The van der Waals surface area contributed by atoms with Crippen molar-refractivity contribution >= 4 is 11.0 Å². The first-order valence-corrected chi connectivity index (χ1v) is 14.5. The monoisotopic (exact) mass is 600 g/mol. The van der Waals surface area contributed by atoms with Crippen LogP contribution in [0.1, 0.15) is 62.6 Å². The topological polar surface area (TPSA) is 124 Å². The number of piperidine rings is 1. The summed E-state index contributed by atoms with van der Waals surface area (Å²) < 4.78 is 60.0. The number of aryl methyl sites for hydroxylation is 1. The Morgan fingerprint density at radius 1 is 1.16 bits per heavy atom. The molecule has 8 nitrogen and oxygen atoms in total. The molecule has 0 spiro atoms. The first-order chi connectivity index (χ1) is 20.5. The number of nitrogens with zero attached hydrogens (tertiary/aromatic N) is 2. The lowest BCUT2D eigenvalue weighted by Gasteiger charge is -2.31. The highest BCUT2D eigenvalue weighted by molar-refractivity contribution is 5.83. The van der Waals surface area contributed by atoms with Crippen LogP contribution in [0.5, 0.6) is 5.75 Å². The van der Waals surface area contributed by atoms with Crippen molar-refractivity contribution in [3.8, 4) is 22.7 Å². The fourth-order valence-electron chi connectivity index (χ4n) is 5.73. The lowest BCUT2D eigenvalue weighted by atomic mass is 9.92. The van der Waals surface area contributed by atoms with Crippen molar-refractivity contribution in [2.75, 3.05) is 6.54 Å². The molecule has 12 heteroatoms. The van der Waals surface area contributed by atoms with Gasteiger partial charge in [-0.3, -0.25) is 4.57 Å². The molecule has 0 bridgehead atoms. The first kappa shape index (κ1) is 30.7. The van der Waals surface area contributed by atoms with Crippen molar-refractivity contribution < 1.29 is 22.3 Å². The Bertz CT molecular complexity index is 1610. The first-order valence-electron chi connectivity index (χ1n) is 14.5. The molecular weight excluding hydrogens is 564 g/mol. The van der Waals surface area contributed by atoms with Crippen LogP contribution in [0.2, 0.25) is 0 Å². The fourth-order valence-corrected chi connectivity index (χ4v) is 5.73. The van der Waals surface area contributed by atoms with Crippen molar-refractivity contribution in [3.05, 3.63) is 76.1 Å². The summed E-state index contributed by atoms with van der Waals surface area (Å²) in [5.74, 6) is -2.09. The second-order valence-corrected chi connectivity index (χ2v) is 11.3. The number of benzene rings is 2. The standard InChI is InChI=1S/C31H36F4N6O2/c1-18(37)4-2-5-19-14-24(28(32)27(15-19)43-31(33,34)35)26-16-21-17-41(30(42)40-29(21)39-26)23-10-8-20(9-11-23)25-7-3-6-22(38-25)12-13-36/h8-11,14-18,22,25,38H,2-7,12-13,36-37H2,1H3,(H,39,40,42)/t18-,22-,25-/m0/s1. The molecule has 1 aliphatic rings. The second kappa shape index (κ2) is 12.9. The van der Waals surface area contributed by atoms with Crippen molar-refractivity contribution in [1.29, 1.82) is 0 Å². The SMILES string of the molecule is C[C@H](N)CCCc1cc(OC(F)(F)F)c(F)c(-c2cc3cn(-c4ccc([C@@H]5CCC[C@@H](CCN)N5)cc4)c(=O)nc3[nH]2)c1. The van der Waals surface area contributed by atoms with Gasteiger partial charge < -0.3 is 26.5 Å². The zero-order valence-corrected chi connectivity index (χ0v) is 23.9. The number of halogens is 4. The number of nitrogens with two attached hydrogens (primary N) is 2. The third-order valence-corrected chi connectivity index (χ3v) is 7.82. The minimum Gasteiger partial charge on any atom is -0.403 e. The van der Waals surface area contributed by atoms with E-state index in [1.54, 1.807) is 12.3 Å². The number of rotatable bonds is 10. The Hall–Kier alpha value is -3.74. The van der Waals surface area contributed by atoms with Crippen LogP contribution in [-0.2, 0) is 6.42 Å². The largest absolute Gasteiger partial charge is 0.573 e. The molecule has 0 aliphatic carbocycles. The molecule has 43 heavy (non-hydrogen) atoms. The number of H-pyrrole nitrogens is 1. The summed E-state index contributed by atoms with van der Waals surface area (Å²) in [5, 5.41) is 4.14. The smallest absolute Gasteiger partial charge is 0.403 e. The van der Waals surface area contributed by atoms with E-state index >= 15 is 4.39 Å². The molecule has 5 rings (SSSR count). The van der Waals surface area contributed by atoms with E-state index < -0.39 is 23.6 Å². The lowest BCUT2D eigenvalue weighted by molar-refractivity contribution is -0.275. The van der Waals surface area contributed by atoms with E-state index in [-0.39, 0.29) is 29.0 Å². The number of alkyl halides is 3. The lowest BCUT2D eigenvalue weighted by Crippen LogP contribution is -2.38. The van der Waals surface area contributed by atoms with Crippen molar-refractivity contribution in [2.45, 2.75) is 76.4 Å². The van der Waals surface area contributed by atoms with Gasteiger partial charge in [0.15, 0.2) is 11.6 Å². The summed E-state index contributed by atoms with van der Waals surface area (Å²) in [5.41, 5.74) is 13.4. The number of nitrogens with one attached hydrogen (secondary N) is 2. The molecule has 6 N–H and O–H groups in total. The van der Waals surface area contributed by atoms with Crippen molar-refractivity contribution in [3.63, 3.8) is 0 Å². The van der Waals surface area contributed by atoms with Gasteiger partial charge in [-0.15, -0.1) is 13.2 Å². The van der Waals surface area contributed by atoms with Gasteiger partial charge in [-0.25, -0.2) is 9.18 Å². The molecule has 1 fully saturated rings. The van der Waals surface area contributed by atoms with E-state index in [4.69, 9.17) is 11.5 Å². The molecular formula is C31H36F4N6O2. The quantitative estimate of drug-likeness (QED) is 0.175. The summed E-state index contributed by atoms with van der Waals surface area (Å²) >= 11 is 0. The minimum atomic E-state index is -5.07. The molecule has 4 aromatic rings. The third kappa shape index (κ3) is 7.43. The van der Waals surface area contributed by atoms with Gasteiger partial charge in [0.2, 0.25) is 0 Å². The van der Waals surface area contributed by atoms with Crippen LogP contribution in [0.4, 0.5) is 17.6 Å². The summed E-state index contributed by atoms with van der Waals surface area (Å²) in [6.07, 6.45) is 2.29. The van der Waals surface area contributed by atoms with E-state index in [1.165, 1.54) is 10.6 Å². The minimum absolute atomic E-state index is 0.0765. The fraction of sp³-hybridized carbons (Fsp3) is 0.419. The molecule has 0 saturated carbocycles. The van der Waals surface area contributed by atoms with Gasteiger partial charge in [0.05, 0.1) is 11.4 Å². The second-order valence-electron chi connectivity index (χ2n) is 11.3. The predicted octanol–water partition coefficient (Wildman–Crippen LogP) is 5.62. The van der Waals surface area contributed by atoms with Crippen molar-refractivity contribution in [1.82, 2.24) is 19.9 Å². The van der Waals surface area contributed by atoms with Gasteiger partial charge in [-0.2, -0.15) is 4.98 Å².